The van der Waals surface area contributed by atoms with Crippen molar-refractivity contribution in [2.45, 2.75) is 19.1 Å². The van der Waals surface area contributed by atoms with E-state index in [0.29, 0.717) is 31.2 Å². The molecular formula is C27H17ClF4N2O2S. The zero-order chi connectivity index (χ0) is 26.3. The fraction of sp³-hybridized carbons (Fsp3) is 0.111. The minimum absolute atomic E-state index is 0.0474. The Morgan fingerprint density at radius 3 is 2.51 bits per heavy atom. The molecule has 1 N–H and O–H groups in total. The number of anilines is 2. The summed E-state index contributed by atoms with van der Waals surface area (Å²) in [6.07, 6.45) is -4.11. The predicted molar refractivity (Wildman–Crippen MR) is 135 cm³/mol. The second-order valence-electron chi connectivity index (χ2n) is 8.44. The average molecular weight is 545 g/mol. The molecule has 1 aliphatic rings. The standard InChI is InChI=1S/C27H17ClF4N2O2S/c28-22-13-20(33-25(35)17-10-18(27(30,31)32)12-19(29)11-17)5-6-21(22)26(36)34-14-24-16(7-8-37-24)9-15-3-1-2-4-23(15)34/h1-8,10-13H,9,14H2,(H,33,35). The van der Waals surface area contributed by atoms with Crippen LogP contribution in [0.2, 0.25) is 5.02 Å². The Balaban J connectivity index is 1.41. The smallest absolute Gasteiger partial charge is 0.322 e. The van der Waals surface area contributed by atoms with Crippen molar-refractivity contribution in [1.29, 1.82) is 0 Å². The monoisotopic (exact) mass is 544 g/mol. The molecule has 1 aliphatic heterocycles. The Bertz CT molecular complexity index is 1530. The lowest BCUT2D eigenvalue weighted by molar-refractivity contribution is -0.137. The minimum atomic E-state index is -4.81. The van der Waals surface area contributed by atoms with Crippen molar-refractivity contribution in [1.82, 2.24) is 0 Å². The van der Waals surface area contributed by atoms with E-state index >= 15 is 0 Å². The number of alkyl halides is 3. The lowest BCUT2D eigenvalue weighted by Crippen LogP contribution is -2.30. The van der Waals surface area contributed by atoms with Crippen molar-refractivity contribution in [3.8, 4) is 0 Å². The molecule has 5 rings (SSSR count). The van der Waals surface area contributed by atoms with Crippen molar-refractivity contribution < 1.29 is 27.2 Å². The number of thiophene rings is 1. The van der Waals surface area contributed by atoms with Gasteiger partial charge in [0.25, 0.3) is 11.8 Å². The van der Waals surface area contributed by atoms with Gasteiger partial charge in [-0.1, -0.05) is 29.8 Å². The maximum atomic E-state index is 13.7. The number of para-hydroxylation sites is 1. The van der Waals surface area contributed by atoms with Crippen LogP contribution in [0.25, 0.3) is 0 Å². The second kappa shape index (κ2) is 9.64. The summed E-state index contributed by atoms with van der Waals surface area (Å²) < 4.78 is 52.7. The van der Waals surface area contributed by atoms with Crippen LogP contribution < -0.4 is 10.2 Å². The zero-order valence-corrected chi connectivity index (χ0v) is 20.5. The number of nitrogens with one attached hydrogen (secondary N) is 1. The molecule has 4 nitrogen and oxygen atoms in total. The number of hydrogen-bond acceptors (Lipinski definition) is 3. The summed E-state index contributed by atoms with van der Waals surface area (Å²) >= 11 is 7.99. The van der Waals surface area contributed by atoms with Crippen LogP contribution in [0, 0.1) is 5.82 Å². The topological polar surface area (TPSA) is 49.4 Å². The number of fused-ring (bicyclic) bond motifs is 2. The summed E-state index contributed by atoms with van der Waals surface area (Å²) in [7, 11) is 0. The maximum Gasteiger partial charge on any atom is 0.416 e. The Kier molecular flexibility index (Phi) is 6.51. The molecule has 0 saturated heterocycles. The third-order valence-electron chi connectivity index (χ3n) is 5.99. The van der Waals surface area contributed by atoms with Gasteiger partial charge in [0.05, 0.1) is 22.7 Å². The third kappa shape index (κ3) is 5.10. The Hall–Kier alpha value is -3.69. The molecule has 0 unspecified atom stereocenters. The molecule has 3 aromatic carbocycles. The van der Waals surface area contributed by atoms with Crippen LogP contribution in [-0.4, -0.2) is 11.8 Å². The van der Waals surface area contributed by atoms with Gasteiger partial charge in [0.15, 0.2) is 0 Å². The summed E-state index contributed by atoms with van der Waals surface area (Å²) in [5, 5.41) is 4.44. The fourth-order valence-corrected chi connectivity index (χ4v) is 5.35. The molecule has 10 heteroatoms. The highest BCUT2D eigenvalue weighted by molar-refractivity contribution is 7.10. The minimum Gasteiger partial charge on any atom is -0.322 e. The van der Waals surface area contributed by atoms with Gasteiger partial charge in [-0.15, -0.1) is 11.3 Å². The lowest BCUT2D eigenvalue weighted by atomic mass is 10.1. The van der Waals surface area contributed by atoms with Gasteiger partial charge in [-0.2, -0.15) is 13.2 Å². The van der Waals surface area contributed by atoms with E-state index in [1.165, 1.54) is 18.2 Å². The molecule has 0 radical (unpaired) electrons. The first kappa shape index (κ1) is 25.0. The summed E-state index contributed by atoms with van der Waals surface area (Å²) in [5.41, 5.74) is 1.49. The molecule has 188 valence electrons. The number of rotatable bonds is 3. The van der Waals surface area contributed by atoms with E-state index in [1.807, 2.05) is 35.7 Å². The van der Waals surface area contributed by atoms with Crippen molar-refractivity contribution >= 4 is 46.1 Å². The molecule has 0 spiro atoms. The molecule has 2 amide bonds. The van der Waals surface area contributed by atoms with Gasteiger partial charge in [-0.3, -0.25) is 9.59 Å². The molecule has 2 heterocycles. The number of nitrogens with zero attached hydrogens (tertiary/aromatic N) is 1. The van der Waals surface area contributed by atoms with Crippen LogP contribution in [-0.2, 0) is 19.1 Å². The van der Waals surface area contributed by atoms with E-state index in [9.17, 15) is 27.2 Å². The van der Waals surface area contributed by atoms with Gasteiger partial charge in [-0.25, -0.2) is 4.39 Å². The summed E-state index contributed by atoms with van der Waals surface area (Å²) in [5.74, 6) is -2.48. The molecule has 4 aromatic rings. The fourth-order valence-electron chi connectivity index (χ4n) is 4.20. The highest BCUT2D eigenvalue weighted by Gasteiger charge is 2.32. The SMILES string of the molecule is O=C(Nc1ccc(C(=O)N2Cc3sccc3Cc3ccccc32)c(Cl)c1)c1cc(F)cc(C(F)(F)F)c1. The van der Waals surface area contributed by atoms with Crippen LogP contribution in [0.5, 0.6) is 0 Å². The van der Waals surface area contributed by atoms with Crippen LogP contribution in [0.15, 0.2) is 72.1 Å². The van der Waals surface area contributed by atoms with E-state index in [4.69, 9.17) is 11.6 Å². The summed E-state index contributed by atoms with van der Waals surface area (Å²) in [6, 6.07) is 15.4. The van der Waals surface area contributed by atoms with Crippen LogP contribution in [0.1, 0.15) is 42.3 Å². The first-order valence-corrected chi connectivity index (χ1v) is 12.3. The molecular weight excluding hydrogens is 528 g/mol. The van der Waals surface area contributed by atoms with E-state index in [1.54, 1.807) is 16.2 Å². The van der Waals surface area contributed by atoms with E-state index in [0.717, 1.165) is 21.7 Å². The molecule has 0 saturated carbocycles. The van der Waals surface area contributed by atoms with Gasteiger partial charge in [-0.05, 0) is 65.0 Å². The first-order valence-electron chi connectivity index (χ1n) is 11.0. The third-order valence-corrected chi connectivity index (χ3v) is 7.25. The van der Waals surface area contributed by atoms with Gasteiger partial charge in [0.1, 0.15) is 5.82 Å². The number of halogens is 5. The first-order chi connectivity index (χ1) is 17.6. The van der Waals surface area contributed by atoms with Crippen LogP contribution >= 0.6 is 22.9 Å². The van der Waals surface area contributed by atoms with E-state index in [2.05, 4.69) is 5.32 Å². The number of benzene rings is 3. The normalized spacial score (nSPS) is 12.9. The van der Waals surface area contributed by atoms with Crippen molar-refractivity contribution in [3.05, 3.63) is 116 Å². The molecule has 0 aliphatic carbocycles. The van der Waals surface area contributed by atoms with E-state index in [-0.39, 0.29) is 22.2 Å². The molecule has 0 fully saturated rings. The van der Waals surface area contributed by atoms with Crippen molar-refractivity contribution in [2.75, 3.05) is 10.2 Å². The highest BCUT2D eigenvalue weighted by atomic mass is 35.5. The largest absolute Gasteiger partial charge is 0.416 e. The van der Waals surface area contributed by atoms with Gasteiger partial charge in [0.2, 0.25) is 0 Å². The van der Waals surface area contributed by atoms with Gasteiger partial charge >= 0.3 is 6.18 Å². The molecule has 37 heavy (non-hydrogen) atoms. The number of carbonyl (C=O) groups excluding carboxylic acids is 2. The van der Waals surface area contributed by atoms with E-state index < -0.39 is 29.0 Å². The maximum absolute atomic E-state index is 13.7. The lowest BCUT2D eigenvalue weighted by Gasteiger charge is -2.23. The highest BCUT2D eigenvalue weighted by Crippen LogP contribution is 2.35. The summed E-state index contributed by atoms with van der Waals surface area (Å²) in [4.78, 5) is 28.9. The number of amides is 2. The zero-order valence-electron chi connectivity index (χ0n) is 18.9. The Labute approximate surface area is 218 Å². The van der Waals surface area contributed by atoms with Gasteiger partial charge < -0.3 is 10.2 Å². The number of carbonyl (C=O) groups is 2. The van der Waals surface area contributed by atoms with Gasteiger partial charge in [0, 0.05) is 28.2 Å². The Morgan fingerprint density at radius 1 is 0.973 bits per heavy atom. The van der Waals surface area contributed by atoms with Crippen molar-refractivity contribution in [3.63, 3.8) is 0 Å². The Morgan fingerprint density at radius 2 is 1.76 bits per heavy atom. The average Bonchev–Trinajstić information content (AvgIpc) is 3.21. The predicted octanol–water partition coefficient (Wildman–Crippen LogP) is 7.56. The van der Waals surface area contributed by atoms with Crippen molar-refractivity contribution in [2.24, 2.45) is 0 Å². The van der Waals surface area contributed by atoms with Crippen LogP contribution in [0.4, 0.5) is 28.9 Å². The molecule has 0 bridgehead atoms. The molecule has 1 aromatic heterocycles. The summed E-state index contributed by atoms with van der Waals surface area (Å²) in [6.45, 7) is 0.374. The quantitative estimate of drug-likeness (QED) is 0.271. The van der Waals surface area contributed by atoms with Crippen LogP contribution in [0.3, 0.4) is 0 Å². The second-order valence-corrected chi connectivity index (χ2v) is 9.85. The molecule has 0 atom stereocenters. The number of hydrogen-bond donors (Lipinski definition) is 1.